The number of rotatable bonds is 5. The van der Waals surface area contributed by atoms with Crippen LogP contribution >= 0.6 is 0 Å². The molecule has 3 heterocycles. The maximum absolute atomic E-state index is 13.7. The van der Waals surface area contributed by atoms with Gasteiger partial charge in [-0.2, -0.15) is 0 Å². The number of ether oxygens (including phenoxy) is 1. The highest BCUT2D eigenvalue weighted by molar-refractivity contribution is 6.10. The average Bonchev–Trinajstić information content (AvgIpc) is 3.45. The van der Waals surface area contributed by atoms with Crippen molar-refractivity contribution in [2.24, 2.45) is 0 Å². The molecule has 7 nitrogen and oxygen atoms in total. The van der Waals surface area contributed by atoms with Gasteiger partial charge in [-0.1, -0.05) is 59.3 Å². The van der Waals surface area contributed by atoms with Crippen LogP contribution in [0.25, 0.3) is 11.0 Å². The van der Waals surface area contributed by atoms with E-state index in [1.165, 1.54) is 4.90 Å². The average molecular weight is 479 g/mol. The summed E-state index contributed by atoms with van der Waals surface area (Å²) in [5.74, 6) is 1.13. The van der Waals surface area contributed by atoms with Gasteiger partial charge in [-0.3, -0.25) is 14.5 Å². The van der Waals surface area contributed by atoms with E-state index in [-0.39, 0.29) is 16.8 Å². The molecule has 7 heteroatoms. The van der Waals surface area contributed by atoms with Crippen molar-refractivity contribution in [1.29, 1.82) is 0 Å². The summed E-state index contributed by atoms with van der Waals surface area (Å²) in [7, 11) is 0. The molecule has 178 valence electrons. The van der Waals surface area contributed by atoms with Crippen molar-refractivity contribution in [1.82, 2.24) is 5.16 Å². The fourth-order valence-electron chi connectivity index (χ4n) is 4.59. The Bertz CT molecular complexity index is 1650. The quantitative estimate of drug-likeness (QED) is 0.321. The van der Waals surface area contributed by atoms with E-state index < -0.39 is 11.9 Å². The molecule has 5 aromatic rings. The second kappa shape index (κ2) is 8.53. The first-order valence-corrected chi connectivity index (χ1v) is 11.6. The SMILES string of the molecule is Cc1ccc2oc3c(c(=O)c2c1)[C@H](c1ccc(OCc2ccccc2)cc1)N(c1cc(C)on1)C3=O. The van der Waals surface area contributed by atoms with Gasteiger partial charge in [0, 0.05) is 6.07 Å². The van der Waals surface area contributed by atoms with Crippen LogP contribution in [-0.4, -0.2) is 11.1 Å². The molecule has 1 amide bonds. The fourth-order valence-corrected chi connectivity index (χ4v) is 4.59. The molecule has 0 unspecified atom stereocenters. The highest BCUT2D eigenvalue weighted by Crippen LogP contribution is 2.41. The van der Waals surface area contributed by atoms with E-state index in [1.54, 1.807) is 25.1 Å². The molecule has 0 saturated carbocycles. The Morgan fingerprint density at radius 2 is 1.72 bits per heavy atom. The lowest BCUT2D eigenvalue weighted by Gasteiger charge is -2.22. The third kappa shape index (κ3) is 3.65. The summed E-state index contributed by atoms with van der Waals surface area (Å²) in [5.41, 5.74) is 3.15. The maximum Gasteiger partial charge on any atom is 0.296 e. The van der Waals surface area contributed by atoms with Crippen molar-refractivity contribution in [3.63, 3.8) is 0 Å². The van der Waals surface area contributed by atoms with Crippen LogP contribution in [0.2, 0.25) is 0 Å². The van der Waals surface area contributed by atoms with Crippen LogP contribution in [0.1, 0.15) is 44.6 Å². The number of fused-ring (bicyclic) bond motifs is 2. The van der Waals surface area contributed by atoms with Crippen molar-refractivity contribution < 1.29 is 18.5 Å². The predicted molar refractivity (Wildman–Crippen MR) is 134 cm³/mol. The molecule has 1 atom stereocenters. The Labute approximate surface area is 206 Å². The van der Waals surface area contributed by atoms with Crippen LogP contribution in [0.4, 0.5) is 5.82 Å². The Morgan fingerprint density at radius 3 is 2.44 bits per heavy atom. The van der Waals surface area contributed by atoms with E-state index in [4.69, 9.17) is 13.7 Å². The third-order valence-corrected chi connectivity index (χ3v) is 6.33. The number of aromatic nitrogens is 1. The molecular weight excluding hydrogens is 456 g/mol. The number of hydrogen-bond acceptors (Lipinski definition) is 6. The molecule has 0 saturated heterocycles. The number of aryl methyl sites for hydroxylation is 2. The lowest BCUT2D eigenvalue weighted by Crippen LogP contribution is -2.29. The molecule has 3 aromatic carbocycles. The summed E-state index contributed by atoms with van der Waals surface area (Å²) < 4.78 is 17.2. The number of carbonyl (C=O) groups excluding carboxylic acids is 1. The van der Waals surface area contributed by atoms with Crippen LogP contribution < -0.4 is 15.1 Å². The van der Waals surface area contributed by atoms with Crippen molar-refractivity contribution in [2.45, 2.75) is 26.5 Å². The third-order valence-electron chi connectivity index (χ3n) is 6.33. The molecule has 2 aromatic heterocycles. The largest absolute Gasteiger partial charge is 0.489 e. The van der Waals surface area contributed by atoms with E-state index in [1.807, 2.05) is 67.6 Å². The summed E-state index contributed by atoms with van der Waals surface area (Å²) in [5, 5.41) is 4.50. The number of benzene rings is 3. The molecule has 0 spiro atoms. The van der Waals surface area contributed by atoms with Gasteiger partial charge < -0.3 is 13.7 Å². The maximum atomic E-state index is 13.7. The topological polar surface area (TPSA) is 85.8 Å². The second-order valence-electron chi connectivity index (χ2n) is 8.89. The highest BCUT2D eigenvalue weighted by Gasteiger charge is 2.44. The summed E-state index contributed by atoms with van der Waals surface area (Å²) in [6.45, 7) is 4.09. The molecule has 1 aliphatic heterocycles. The van der Waals surface area contributed by atoms with Gasteiger partial charge in [-0.25, -0.2) is 0 Å². The minimum Gasteiger partial charge on any atom is -0.489 e. The van der Waals surface area contributed by atoms with Crippen LogP contribution in [0.5, 0.6) is 5.75 Å². The van der Waals surface area contributed by atoms with E-state index >= 15 is 0 Å². The zero-order chi connectivity index (χ0) is 24.8. The van der Waals surface area contributed by atoms with Crippen molar-refractivity contribution in [3.8, 4) is 5.75 Å². The first-order chi connectivity index (χ1) is 17.5. The molecule has 0 fully saturated rings. The van der Waals surface area contributed by atoms with Crippen LogP contribution in [0.15, 0.2) is 92.6 Å². The van der Waals surface area contributed by atoms with E-state index in [0.29, 0.717) is 34.9 Å². The molecule has 6 rings (SSSR count). The zero-order valence-electron chi connectivity index (χ0n) is 19.7. The molecule has 1 aliphatic rings. The second-order valence-corrected chi connectivity index (χ2v) is 8.89. The van der Waals surface area contributed by atoms with Gasteiger partial charge in [0.25, 0.3) is 5.91 Å². The minimum atomic E-state index is -0.721. The van der Waals surface area contributed by atoms with Gasteiger partial charge in [0.05, 0.1) is 17.0 Å². The Hall–Kier alpha value is -4.65. The Kier molecular flexibility index (Phi) is 5.18. The monoisotopic (exact) mass is 478 g/mol. The fraction of sp³-hybridized carbons (Fsp3) is 0.138. The normalized spacial score (nSPS) is 14.9. The molecule has 0 aliphatic carbocycles. The van der Waals surface area contributed by atoms with Crippen molar-refractivity contribution in [3.05, 3.63) is 123 Å². The number of nitrogens with zero attached hydrogens (tertiary/aromatic N) is 2. The number of anilines is 1. The standard InChI is InChI=1S/C29H22N2O5/c1-17-8-13-23-22(14-17)27(32)25-26(31(29(33)28(25)35-23)24-15-18(2)36-30-24)20-9-11-21(12-10-20)34-16-19-6-4-3-5-7-19/h3-15,26H,16H2,1-2H3/t26-/m0/s1. The number of carbonyl (C=O) groups is 1. The van der Waals surface area contributed by atoms with Gasteiger partial charge in [0.15, 0.2) is 11.2 Å². The van der Waals surface area contributed by atoms with Gasteiger partial charge in [0.2, 0.25) is 5.76 Å². The highest BCUT2D eigenvalue weighted by atomic mass is 16.5. The summed E-state index contributed by atoms with van der Waals surface area (Å²) in [6, 6.07) is 23.6. The molecule has 0 bridgehead atoms. The molecule has 0 radical (unpaired) electrons. The van der Waals surface area contributed by atoms with Crippen LogP contribution in [0, 0.1) is 13.8 Å². The van der Waals surface area contributed by atoms with Crippen LogP contribution in [-0.2, 0) is 6.61 Å². The number of hydrogen-bond donors (Lipinski definition) is 0. The summed E-state index contributed by atoms with van der Waals surface area (Å²) >= 11 is 0. The molecular formula is C29H22N2O5. The van der Waals surface area contributed by atoms with Crippen molar-refractivity contribution >= 4 is 22.7 Å². The first-order valence-electron chi connectivity index (χ1n) is 11.6. The van der Waals surface area contributed by atoms with E-state index in [2.05, 4.69) is 5.16 Å². The smallest absolute Gasteiger partial charge is 0.296 e. The number of amides is 1. The lowest BCUT2D eigenvalue weighted by molar-refractivity contribution is 0.0969. The van der Waals surface area contributed by atoms with Gasteiger partial charge in [-0.05, 0) is 49.2 Å². The Morgan fingerprint density at radius 1 is 0.944 bits per heavy atom. The molecule has 0 N–H and O–H groups in total. The van der Waals surface area contributed by atoms with Gasteiger partial charge in [0.1, 0.15) is 23.7 Å². The summed E-state index contributed by atoms with van der Waals surface area (Å²) in [6.07, 6.45) is 0. The zero-order valence-corrected chi connectivity index (χ0v) is 19.7. The van der Waals surface area contributed by atoms with Gasteiger partial charge in [-0.15, -0.1) is 0 Å². The minimum absolute atomic E-state index is 0.0198. The van der Waals surface area contributed by atoms with Gasteiger partial charge >= 0.3 is 0 Å². The van der Waals surface area contributed by atoms with Crippen LogP contribution in [0.3, 0.4) is 0 Å². The molecule has 36 heavy (non-hydrogen) atoms. The van der Waals surface area contributed by atoms with E-state index in [0.717, 1.165) is 16.7 Å². The first kappa shape index (κ1) is 21.9. The Balaban J connectivity index is 1.44. The van der Waals surface area contributed by atoms with Crippen molar-refractivity contribution in [2.75, 3.05) is 4.90 Å². The lowest BCUT2D eigenvalue weighted by atomic mass is 9.98. The van der Waals surface area contributed by atoms with E-state index in [9.17, 15) is 9.59 Å². The summed E-state index contributed by atoms with van der Waals surface area (Å²) in [4.78, 5) is 28.7. The predicted octanol–water partition coefficient (Wildman–Crippen LogP) is 5.73.